The van der Waals surface area contributed by atoms with Crippen LogP contribution >= 0.6 is 0 Å². The van der Waals surface area contributed by atoms with Crippen molar-refractivity contribution in [3.8, 4) is 5.75 Å². The van der Waals surface area contributed by atoms with Crippen LogP contribution in [-0.2, 0) is 24.7 Å². The van der Waals surface area contributed by atoms with Gasteiger partial charge in [-0.2, -0.15) is 4.31 Å². The lowest BCUT2D eigenvalue weighted by atomic mass is 10.1. The number of sulfone groups is 1. The zero-order chi connectivity index (χ0) is 20.4. The second-order valence-corrected chi connectivity index (χ2v) is 10.9. The van der Waals surface area contributed by atoms with E-state index in [0.717, 1.165) is 24.7 Å². The van der Waals surface area contributed by atoms with Gasteiger partial charge in [-0.3, -0.25) is 4.79 Å². The van der Waals surface area contributed by atoms with E-state index >= 15 is 0 Å². The predicted octanol–water partition coefficient (Wildman–Crippen LogP) is 1.76. The molecule has 0 bridgehead atoms. The summed E-state index contributed by atoms with van der Waals surface area (Å²) in [5.74, 6) is -0.560. The van der Waals surface area contributed by atoms with E-state index in [-0.39, 0.29) is 22.8 Å². The van der Waals surface area contributed by atoms with Crippen molar-refractivity contribution in [2.75, 3.05) is 31.3 Å². The number of ether oxygens (including phenoxy) is 1. The van der Waals surface area contributed by atoms with E-state index < -0.39 is 31.7 Å². The third-order valence-electron chi connectivity index (χ3n) is 4.85. The number of carbonyl (C=O) groups excluding carboxylic acids is 1. The van der Waals surface area contributed by atoms with E-state index in [2.05, 4.69) is 5.32 Å². The first-order chi connectivity index (χ1) is 13.2. The first-order valence-corrected chi connectivity index (χ1v) is 12.3. The number of hydrogen-bond donors (Lipinski definition) is 1. The molecule has 2 aliphatic rings. The standard InChI is InChI=1S/C18H24N2O6S2/c1-26-17-6-5-15(28(24,25)20-8-3-2-4-9-20)12-16(17)19-18(21)11-14-7-10-27(22,23)13-14/h5-7,10,12,14H,2-4,8-9,11,13H2,1H3,(H,19,21). The molecule has 1 unspecified atom stereocenters. The molecule has 0 saturated carbocycles. The first kappa shape index (κ1) is 20.8. The number of anilines is 1. The van der Waals surface area contributed by atoms with Gasteiger partial charge >= 0.3 is 0 Å². The lowest BCUT2D eigenvalue weighted by Crippen LogP contribution is -2.35. The Labute approximate surface area is 165 Å². The van der Waals surface area contributed by atoms with Crippen molar-refractivity contribution in [3.05, 3.63) is 29.7 Å². The minimum atomic E-state index is -3.65. The van der Waals surface area contributed by atoms with Crippen molar-refractivity contribution in [1.82, 2.24) is 4.31 Å². The molecular weight excluding hydrogens is 404 g/mol. The summed E-state index contributed by atoms with van der Waals surface area (Å²) in [6.45, 7) is 0.969. The Bertz CT molecular complexity index is 979. The molecule has 0 aromatic heterocycles. The molecule has 1 aromatic rings. The second-order valence-electron chi connectivity index (χ2n) is 7.00. The number of sulfonamides is 1. The average Bonchev–Trinajstić information content (AvgIpc) is 3.00. The molecule has 8 nitrogen and oxygen atoms in total. The average molecular weight is 429 g/mol. The quantitative estimate of drug-likeness (QED) is 0.739. The number of rotatable bonds is 6. The van der Waals surface area contributed by atoms with Gasteiger partial charge in [0.1, 0.15) is 5.75 Å². The van der Waals surface area contributed by atoms with Crippen molar-refractivity contribution >= 4 is 31.5 Å². The van der Waals surface area contributed by atoms with Crippen molar-refractivity contribution < 1.29 is 26.4 Å². The summed E-state index contributed by atoms with van der Waals surface area (Å²) in [5, 5.41) is 3.78. The lowest BCUT2D eigenvalue weighted by Gasteiger charge is -2.26. The highest BCUT2D eigenvalue weighted by Crippen LogP contribution is 2.30. The molecule has 28 heavy (non-hydrogen) atoms. The summed E-state index contributed by atoms with van der Waals surface area (Å²) < 4.78 is 55.4. The molecule has 154 valence electrons. The number of carbonyl (C=O) groups is 1. The zero-order valence-corrected chi connectivity index (χ0v) is 17.3. The molecule has 1 N–H and O–H groups in total. The van der Waals surface area contributed by atoms with Crippen LogP contribution in [0.15, 0.2) is 34.6 Å². The van der Waals surface area contributed by atoms with Crippen LogP contribution < -0.4 is 10.1 Å². The van der Waals surface area contributed by atoms with E-state index in [1.165, 1.54) is 35.7 Å². The SMILES string of the molecule is COc1ccc(S(=O)(=O)N2CCCCC2)cc1NC(=O)CC1C=CS(=O)(=O)C1. The summed E-state index contributed by atoms with van der Waals surface area (Å²) in [6.07, 6.45) is 4.17. The van der Waals surface area contributed by atoms with Crippen molar-refractivity contribution in [2.24, 2.45) is 5.92 Å². The monoisotopic (exact) mass is 428 g/mol. The Hall–Kier alpha value is -1.91. The number of hydrogen-bond acceptors (Lipinski definition) is 6. The van der Waals surface area contributed by atoms with Crippen molar-refractivity contribution in [1.29, 1.82) is 0 Å². The Morgan fingerprint density at radius 1 is 1.25 bits per heavy atom. The van der Waals surface area contributed by atoms with Gasteiger partial charge in [0, 0.05) is 30.8 Å². The Balaban J connectivity index is 1.77. The minimum Gasteiger partial charge on any atom is -0.495 e. The Kier molecular flexibility index (Phi) is 6.11. The number of piperidine rings is 1. The molecule has 10 heteroatoms. The topological polar surface area (TPSA) is 110 Å². The Morgan fingerprint density at radius 2 is 1.96 bits per heavy atom. The van der Waals surface area contributed by atoms with Gasteiger partial charge in [-0.05, 0) is 31.0 Å². The Morgan fingerprint density at radius 3 is 2.57 bits per heavy atom. The highest BCUT2D eigenvalue weighted by Gasteiger charge is 2.28. The third kappa shape index (κ3) is 4.73. The molecule has 0 spiro atoms. The third-order valence-corrected chi connectivity index (χ3v) is 8.21. The van der Waals surface area contributed by atoms with Crippen molar-refractivity contribution in [3.63, 3.8) is 0 Å². The van der Waals surface area contributed by atoms with Gasteiger partial charge in [0.2, 0.25) is 15.9 Å². The highest BCUT2D eigenvalue weighted by atomic mass is 32.2. The van der Waals surface area contributed by atoms with Crippen LogP contribution in [0, 0.1) is 5.92 Å². The fraction of sp³-hybridized carbons (Fsp3) is 0.500. The molecule has 1 saturated heterocycles. The van der Waals surface area contributed by atoms with Gasteiger partial charge in [-0.1, -0.05) is 12.5 Å². The van der Waals surface area contributed by atoms with Crippen LogP contribution in [0.2, 0.25) is 0 Å². The van der Waals surface area contributed by atoms with Gasteiger partial charge in [0.05, 0.1) is 23.4 Å². The maximum Gasteiger partial charge on any atom is 0.243 e. The lowest BCUT2D eigenvalue weighted by molar-refractivity contribution is -0.116. The van der Waals surface area contributed by atoms with E-state index in [1.807, 2.05) is 0 Å². The summed E-state index contributed by atoms with van der Waals surface area (Å²) in [6, 6.07) is 4.36. The van der Waals surface area contributed by atoms with Crippen LogP contribution in [0.5, 0.6) is 5.75 Å². The van der Waals surface area contributed by atoms with Gasteiger partial charge in [0.25, 0.3) is 0 Å². The van der Waals surface area contributed by atoms with Gasteiger partial charge in [-0.15, -0.1) is 0 Å². The molecule has 1 amide bonds. The van der Waals surface area contributed by atoms with E-state index in [1.54, 1.807) is 0 Å². The maximum atomic E-state index is 12.9. The van der Waals surface area contributed by atoms with Crippen LogP contribution in [0.3, 0.4) is 0 Å². The molecule has 0 aliphatic carbocycles. The second kappa shape index (κ2) is 8.22. The molecule has 1 aromatic carbocycles. The molecule has 3 rings (SSSR count). The number of nitrogens with zero attached hydrogens (tertiary/aromatic N) is 1. The molecule has 1 atom stereocenters. The zero-order valence-electron chi connectivity index (χ0n) is 15.6. The van der Waals surface area contributed by atoms with E-state index in [0.29, 0.717) is 18.8 Å². The molecule has 1 fully saturated rings. The number of methoxy groups -OCH3 is 1. The number of allylic oxidation sites excluding steroid dienone is 1. The van der Waals surface area contributed by atoms with Crippen LogP contribution in [0.25, 0.3) is 0 Å². The molecule has 0 radical (unpaired) electrons. The number of amides is 1. The molecule has 2 aliphatic heterocycles. The summed E-state index contributed by atoms with van der Waals surface area (Å²) >= 11 is 0. The largest absolute Gasteiger partial charge is 0.495 e. The normalized spacial score (nSPS) is 22.1. The minimum absolute atomic E-state index is 0.0119. The summed E-state index contributed by atoms with van der Waals surface area (Å²) in [4.78, 5) is 12.4. The maximum absolute atomic E-state index is 12.9. The highest BCUT2D eigenvalue weighted by molar-refractivity contribution is 7.94. The van der Waals surface area contributed by atoms with Gasteiger partial charge in [0.15, 0.2) is 9.84 Å². The summed E-state index contributed by atoms with van der Waals surface area (Å²) in [7, 11) is -5.46. The predicted molar refractivity (Wildman–Crippen MR) is 105 cm³/mol. The summed E-state index contributed by atoms with van der Waals surface area (Å²) in [5.41, 5.74) is 0.246. The van der Waals surface area contributed by atoms with Gasteiger partial charge < -0.3 is 10.1 Å². The number of benzene rings is 1. The van der Waals surface area contributed by atoms with E-state index in [9.17, 15) is 21.6 Å². The van der Waals surface area contributed by atoms with Crippen molar-refractivity contribution in [2.45, 2.75) is 30.6 Å². The van der Waals surface area contributed by atoms with Crippen LogP contribution in [-0.4, -0.2) is 53.0 Å². The fourth-order valence-corrected chi connectivity index (χ4v) is 6.35. The molecule has 2 heterocycles. The molecular formula is C18H24N2O6S2. The van der Waals surface area contributed by atoms with Crippen LogP contribution in [0.1, 0.15) is 25.7 Å². The van der Waals surface area contributed by atoms with Gasteiger partial charge in [-0.25, -0.2) is 16.8 Å². The van der Waals surface area contributed by atoms with E-state index in [4.69, 9.17) is 4.74 Å². The smallest absolute Gasteiger partial charge is 0.243 e. The first-order valence-electron chi connectivity index (χ1n) is 9.10. The number of nitrogens with one attached hydrogen (secondary N) is 1. The fourth-order valence-electron chi connectivity index (χ4n) is 3.41. The van der Waals surface area contributed by atoms with Crippen LogP contribution in [0.4, 0.5) is 5.69 Å².